The van der Waals surface area contributed by atoms with Crippen molar-refractivity contribution in [3.8, 4) is 5.88 Å². The van der Waals surface area contributed by atoms with Gasteiger partial charge in [-0.1, -0.05) is 0 Å². The van der Waals surface area contributed by atoms with Crippen molar-refractivity contribution in [1.29, 1.82) is 0 Å². The molecule has 31 heavy (non-hydrogen) atoms. The van der Waals surface area contributed by atoms with Crippen molar-refractivity contribution >= 4 is 17.7 Å². The van der Waals surface area contributed by atoms with Gasteiger partial charge < -0.3 is 24.8 Å². The zero-order valence-electron chi connectivity index (χ0n) is 17.0. The lowest BCUT2D eigenvalue weighted by molar-refractivity contribution is -0.192. The average Bonchev–Trinajstić information content (AvgIpc) is 3.52. The second kappa shape index (κ2) is 9.67. The number of carbonyl (C=O) groups is 2. The highest BCUT2D eigenvalue weighted by Crippen LogP contribution is 2.36. The third-order valence-corrected chi connectivity index (χ3v) is 5.62. The van der Waals surface area contributed by atoms with E-state index in [1.165, 1.54) is 0 Å². The molecule has 1 aromatic heterocycles. The quantitative estimate of drug-likeness (QED) is 0.699. The number of piperidine rings is 1. The zero-order chi connectivity index (χ0) is 22.6. The molecule has 0 spiro atoms. The van der Waals surface area contributed by atoms with Gasteiger partial charge in [0.2, 0.25) is 11.8 Å². The molecule has 3 heterocycles. The molecule has 3 aliphatic rings. The third kappa shape index (κ3) is 6.18. The molecule has 172 valence electrons. The minimum Gasteiger partial charge on any atom is -0.481 e. The molecule has 2 aliphatic heterocycles. The maximum absolute atomic E-state index is 11.8. The van der Waals surface area contributed by atoms with Crippen LogP contribution in [-0.2, 0) is 14.3 Å². The summed E-state index contributed by atoms with van der Waals surface area (Å²) in [4.78, 5) is 31.4. The van der Waals surface area contributed by atoms with Crippen molar-refractivity contribution in [3.63, 3.8) is 0 Å². The highest BCUT2D eigenvalue weighted by Gasteiger charge is 2.41. The van der Waals surface area contributed by atoms with Crippen LogP contribution in [0.1, 0.15) is 19.3 Å². The molecule has 1 aliphatic carbocycles. The number of methoxy groups -OCH3 is 1. The molecule has 4 rings (SSSR count). The van der Waals surface area contributed by atoms with Crippen molar-refractivity contribution in [2.24, 2.45) is 17.8 Å². The molecular formula is C19H25F3N4O5. The number of alkyl halides is 3. The van der Waals surface area contributed by atoms with Crippen molar-refractivity contribution < 1.29 is 37.3 Å². The Labute approximate surface area is 176 Å². The van der Waals surface area contributed by atoms with Gasteiger partial charge in [-0.25, -0.2) is 14.8 Å². The topological polar surface area (TPSA) is 114 Å². The SMILES string of the molecule is COc1cc(N2CC[C@@H]3[C@@H](CO[C@@H]3CNC(=O)C3CC3)C2)ncn1.O=C(O)C(F)(F)F. The summed E-state index contributed by atoms with van der Waals surface area (Å²) in [6.45, 7) is 3.28. The van der Waals surface area contributed by atoms with Crippen molar-refractivity contribution in [2.75, 3.05) is 38.3 Å². The summed E-state index contributed by atoms with van der Waals surface area (Å²) in [5.41, 5.74) is 0. The summed E-state index contributed by atoms with van der Waals surface area (Å²) in [5.74, 6) is 0.208. The Hall–Kier alpha value is -2.63. The monoisotopic (exact) mass is 446 g/mol. The van der Waals surface area contributed by atoms with E-state index >= 15 is 0 Å². The van der Waals surface area contributed by atoms with Gasteiger partial charge >= 0.3 is 12.1 Å². The summed E-state index contributed by atoms with van der Waals surface area (Å²) in [6.07, 6.45) is -0.246. The number of amides is 1. The smallest absolute Gasteiger partial charge is 0.481 e. The first-order valence-electron chi connectivity index (χ1n) is 9.99. The molecule has 0 unspecified atom stereocenters. The summed E-state index contributed by atoms with van der Waals surface area (Å²) >= 11 is 0. The van der Waals surface area contributed by atoms with E-state index in [0.717, 1.165) is 44.8 Å². The van der Waals surface area contributed by atoms with Gasteiger partial charge in [-0.2, -0.15) is 13.2 Å². The summed E-state index contributed by atoms with van der Waals surface area (Å²) in [7, 11) is 1.61. The highest BCUT2D eigenvalue weighted by atomic mass is 19.4. The van der Waals surface area contributed by atoms with Crippen LogP contribution in [0.2, 0.25) is 0 Å². The number of rotatable bonds is 5. The van der Waals surface area contributed by atoms with Crippen LogP contribution >= 0.6 is 0 Å². The lowest BCUT2D eigenvalue weighted by Gasteiger charge is -2.36. The predicted molar refractivity (Wildman–Crippen MR) is 102 cm³/mol. The minimum atomic E-state index is -5.08. The zero-order valence-corrected chi connectivity index (χ0v) is 17.0. The van der Waals surface area contributed by atoms with Crippen LogP contribution in [0.4, 0.5) is 19.0 Å². The number of aromatic nitrogens is 2. The number of anilines is 1. The molecule has 0 aromatic carbocycles. The Balaban J connectivity index is 0.000000339. The van der Waals surface area contributed by atoms with E-state index in [1.807, 2.05) is 6.07 Å². The van der Waals surface area contributed by atoms with Crippen molar-refractivity contribution in [3.05, 3.63) is 12.4 Å². The Morgan fingerprint density at radius 1 is 1.32 bits per heavy atom. The molecule has 0 bridgehead atoms. The number of fused-ring (bicyclic) bond motifs is 1. The van der Waals surface area contributed by atoms with Gasteiger partial charge in [-0.05, 0) is 25.2 Å². The molecule has 1 aromatic rings. The largest absolute Gasteiger partial charge is 0.490 e. The van der Waals surface area contributed by atoms with E-state index in [2.05, 4.69) is 20.2 Å². The van der Waals surface area contributed by atoms with E-state index in [9.17, 15) is 18.0 Å². The lowest BCUT2D eigenvalue weighted by atomic mass is 9.84. The number of ether oxygens (including phenoxy) is 2. The number of carbonyl (C=O) groups excluding carboxylic acids is 1. The third-order valence-electron chi connectivity index (χ3n) is 5.62. The molecule has 3 fully saturated rings. The van der Waals surface area contributed by atoms with Gasteiger partial charge in [0.05, 0.1) is 19.8 Å². The van der Waals surface area contributed by atoms with Crippen LogP contribution in [-0.4, -0.2) is 72.6 Å². The Morgan fingerprint density at radius 2 is 2.03 bits per heavy atom. The standard InChI is InChI=1S/C17H24N4O3.C2HF3O2/c1-23-16-6-15(19-10-20-16)21-5-4-13-12(8-21)9-24-14(13)7-18-17(22)11-2-3-11;3-2(4,5)1(6)7/h6,10-14H,2-5,7-9H2,1H3,(H,18,22);(H,6,7)/t12-,13-,14-;/m1./s1. The number of hydrogen-bond acceptors (Lipinski definition) is 7. The van der Waals surface area contributed by atoms with Gasteiger partial charge in [0.1, 0.15) is 12.1 Å². The molecule has 1 saturated carbocycles. The maximum Gasteiger partial charge on any atom is 0.490 e. The van der Waals surface area contributed by atoms with Crippen LogP contribution in [0.5, 0.6) is 5.88 Å². The van der Waals surface area contributed by atoms with E-state index in [0.29, 0.717) is 24.3 Å². The minimum absolute atomic E-state index is 0.153. The van der Waals surface area contributed by atoms with Crippen molar-refractivity contribution in [1.82, 2.24) is 15.3 Å². The van der Waals surface area contributed by atoms with Crippen LogP contribution in [0.15, 0.2) is 12.4 Å². The van der Waals surface area contributed by atoms with Gasteiger partial charge in [-0.15, -0.1) is 0 Å². The number of carboxylic acid groups (broad SMARTS) is 1. The van der Waals surface area contributed by atoms with Crippen LogP contribution < -0.4 is 15.0 Å². The average molecular weight is 446 g/mol. The molecule has 2 saturated heterocycles. The molecule has 1 amide bonds. The van der Waals surface area contributed by atoms with Gasteiger partial charge in [-0.3, -0.25) is 4.79 Å². The van der Waals surface area contributed by atoms with E-state index in [-0.39, 0.29) is 17.9 Å². The molecule has 9 nitrogen and oxygen atoms in total. The maximum atomic E-state index is 11.8. The fraction of sp³-hybridized carbons (Fsp3) is 0.684. The van der Waals surface area contributed by atoms with Gasteiger partial charge in [0.15, 0.2) is 0 Å². The predicted octanol–water partition coefficient (Wildman–Crippen LogP) is 1.49. The summed E-state index contributed by atoms with van der Waals surface area (Å²) < 4.78 is 42.9. The normalized spacial score (nSPS) is 25.2. The first-order chi connectivity index (χ1) is 14.7. The van der Waals surface area contributed by atoms with E-state index < -0.39 is 12.1 Å². The van der Waals surface area contributed by atoms with E-state index in [1.54, 1.807) is 13.4 Å². The number of halogens is 3. The molecular weight excluding hydrogens is 421 g/mol. The fourth-order valence-electron chi connectivity index (χ4n) is 3.81. The highest BCUT2D eigenvalue weighted by molar-refractivity contribution is 5.80. The Morgan fingerprint density at radius 3 is 2.65 bits per heavy atom. The van der Waals surface area contributed by atoms with Crippen LogP contribution in [0.3, 0.4) is 0 Å². The Bertz CT molecular complexity index is 790. The second-order valence-corrected chi connectivity index (χ2v) is 7.77. The second-order valence-electron chi connectivity index (χ2n) is 7.77. The van der Waals surface area contributed by atoms with Crippen molar-refractivity contribution in [2.45, 2.75) is 31.5 Å². The van der Waals surface area contributed by atoms with E-state index in [4.69, 9.17) is 19.4 Å². The molecule has 2 N–H and O–H groups in total. The lowest BCUT2D eigenvalue weighted by Crippen LogP contribution is -2.44. The van der Waals surface area contributed by atoms with Crippen LogP contribution in [0, 0.1) is 17.8 Å². The Kier molecular flexibility index (Phi) is 7.19. The number of aliphatic carboxylic acids is 1. The van der Waals surface area contributed by atoms with Gasteiger partial charge in [0.25, 0.3) is 0 Å². The molecule has 12 heteroatoms. The molecule has 3 atom stereocenters. The number of carboxylic acids is 1. The number of nitrogens with zero attached hydrogens (tertiary/aromatic N) is 3. The van der Waals surface area contributed by atoms with Crippen LogP contribution in [0.25, 0.3) is 0 Å². The summed E-state index contributed by atoms with van der Waals surface area (Å²) in [5, 5.41) is 10.2. The van der Waals surface area contributed by atoms with Gasteiger partial charge in [0, 0.05) is 37.5 Å². The first-order valence-corrected chi connectivity index (χ1v) is 9.99. The molecule has 0 radical (unpaired) electrons. The summed E-state index contributed by atoms with van der Waals surface area (Å²) in [6, 6.07) is 1.88. The fourth-order valence-corrected chi connectivity index (χ4v) is 3.81. The first kappa shape index (κ1) is 23.0. The number of nitrogens with one attached hydrogen (secondary N) is 1. The number of hydrogen-bond donors (Lipinski definition) is 2.